The van der Waals surface area contributed by atoms with Crippen molar-refractivity contribution in [2.75, 3.05) is 6.54 Å². The van der Waals surface area contributed by atoms with Crippen LogP contribution in [-0.4, -0.2) is 80.6 Å². The molecule has 7 N–H and O–H groups in total. The topological polar surface area (TPSA) is 178 Å². The Morgan fingerprint density at radius 3 is 2.49 bits per heavy atom. The first kappa shape index (κ1) is 28.1. The largest absolute Gasteiger partial charge is 0.480 e. The summed E-state index contributed by atoms with van der Waals surface area (Å²) < 4.78 is 0. The number of aliphatic hydroxyl groups is 1. The molecule has 11 nitrogen and oxygen atoms in total. The summed E-state index contributed by atoms with van der Waals surface area (Å²) >= 11 is 0. The molecule has 202 valence electrons. The number of nitrogens with zero attached hydrogens (tertiary/aromatic N) is 1. The molecule has 0 aliphatic carbocycles. The molecule has 2 aromatic rings. The Labute approximate surface area is 215 Å². The van der Waals surface area contributed by atoms with E-state index in [1.807, 2.05) is 38.1 Å². The van der Waals surface area contributed by atoms with Crippen molar-refractivity contribution in [3.8, 4) is 0 Å². The number of aliphatic carboxylic acids is 1. The maximum Gasteiger partial charge on any atom is 0.326 e. The lowest BCUT2D eigenvalue weighted by atomic mass is 10.0. The molecule has 0 spiro atoms. The van der Waals surface area contributed by atoms with E-state index in [4.69, 9.17) is 5.73 Å². The van der Waals surface area contributed by atoms with Crippen LogP contribution in [0.25, 0.3) is 10.9 Å². The SMILES string of the molecule is CC(C)CC(NC(=O)C1CCCN1C(=O)C(Cc1c[nH]c2ccccc12)NC(=O)C(N)C(C)O)C(=O)O. The van der Waals surface area contributed by atoms with Gasteiger partial charge in [-0.25, -0.2) is 4.79 Å². The van der Waals surface area contributed by atoms with Crippen molar-refractivity contribution in [3.63, 3.8) is 0 Å². The fourth-order valence-corrected chi connectivity index (χ4v) is 4.67. The quantitative estimate of drug-likeness (QED) is 0.252. The molecule has 1 aromatic carbocycles. The lowest BCUT2D eigenvalue weighted by Gasteiger charge is -2.30. The van der Waals surface area contributed by atoms with Crippen LogP contribution >= 0.6 is 0 Å². The third-order valence-corrected chi connectivity index (χ3v) is 6.70. The second-order valence-corrected chi connectivity index (χ2v) is 10.1. The lowest BCUT2D eigenvalue weighted by Crippen LogP contribution is -2.58. The predicted molar refractivity (Wildman–Crippen MR) is 137 cm³/mol. The summed E-state index contributed by atoms with van der Waals surface area (Å²) in [5.41, 5.74) is 7.48. The van der Waals surface area contributed by atoms with Crippen LogP contribution in [0, 0.1) is 5.92 Å². The second kappa shape index (κ2) is 12.2. The van der Waals surface area contributed by atoms with E-state index >= 15 is 0 Å². The molecule has 3 amide bonds. The van der Waals surface area contributed by atoms with Gasteiger partial charge >= 0.3 is 5.97 Å². The van der Waals surface area contributed by atoms with Crippen LogP contribution in [0.5, 0.6) is 0 Å². The summed E-state index contributed by atoms with van der Waals surface area (Å²) in [6, 6.07) is 3.36. The minimum absolute atomic E-state index is 0.0524. The molecule has 37 heavy (non-hydrogen) atoms. The standard InChI is InChI=1S/C26H37N5O6/c1-14(2)11-20(26(36)37)30-23(33)21-9-6-10-31(21)25(35)19(29-24(34)22(27)15(3)32)12-16-13-28-18-8-5-4-7-17(16)18/h4-5,7-8,13-15,19-22,28,32H,6,9-12,27H2,1-3H3,(H,29,34)(H,30,33)(H,36,37). The zero-order valence-corrected chi connectivity index (χ0v) is 21.4. The third-order valence-electron chi connectivity index (χ3n) is 6.70. The molecule has 5 unspecified atom stereocenters. The van der Waals surface area contributed by atoms with Crippen LogP contribution < -0.4 is 16.4 Å². The van der Waals surface area contributed by atoms with Crippen LogP contribution in [-0.2, 0) is 25.6 Å². The normalized spacial score (nSPS) is 18.9. The van der Waals surface area contributed by atoms with E-state index < -0.39 is 54.0 Å². The number of aliphatic hydroxyl groups excluding tert-OH is 1. The van der Waals surface area contributed by atoms with E-state index in [0.717, 1.165) is 16.5 Å². The molecular weight excluding hydrogens is 478 g/mol. The summed E-state index contributed by atoms with van der Waals surface area (Å²) in [5.74, 6) is -2.76. The molecule has 0 bridgehead atoms. The molecule has 2 heterocycles. The number of nitrogens with two attached hydrogens (primary N) is 1. The Hall–Kier alpha value is -3.44. The van der Waals surface area contributed by atoms with Crippen molar-refractivity contribution in [3.05, 3.63) is 36.0 Å². The number of carbonyl (C=O) groups is 4. The van der Waals surface area contributed by atoms with Gasteiger partial charge in [-0.15, -0.1) is 0 Å². The number of para-hydroxylation sites is 1. The highest BCUT2D eigenvalue weighted by Crippen LogP contribution is 2.23. The second-order valence-electron chi connectivity index (χ2n) is 10.1. The number of carbonyl (C=O) groups excluding carboxylic acids is 3. The molecule has 1 saturated heterocycles. The van der Waals surface area contributed by atoms with Crippen molar-refractivity contribution in [2.24, 2.45) is 11.7 Å². The number of H-pyrrole nitrogens is 1. The van der Waals surface area contributed by atoms with Crippen LogP contribution in [0.4, 0.5) is 0 Å². The van der Waals surface area contributed by atoms with Crippen molar-refractivity contribution in [1.29, 1.82) is 0 Å². The number of fused-ring (bicyclic) bond motifs is 1. The molecular formula is C26H37N5O6. The zero-order valence-electron chi connectivity index (χ0n) is 21.4. The van der Waals surface area contributed by atoms with Crippen LogP contribution in [0.15, 0.2) is 30.5 Å². The maximum atomic E-state index is 13.7. The molecule has 1 aliphatic rings. The third kappa shape index (κ3) is 6.86. The maximum absolute atomic E-state index is 13.7. The Kier molecular flexibility index (Phi) is 9.28. The van der Waals surface area contributed by atoms with Gasteiger partial charge in [0.1, 0.15) is 24.2 Å². The van der Waals surface area contributed by atoms with Gasteiger partial charge in [0.15, 0.2) is 0 Å². The summed E-state index contributed by atoms with van der Waals surface area (Å²) in [6.07, 6.45) is 1.99. The number of likely N-dealkylation sites (tertiary alicyclic amines) is 1. The van der Waals surface area contributed by atoms with Crippen molar-refractivity contribution < 1.29 is 29.4 Å². The van der Waals surface area contributed by atoms with Crippen molar-refractivity contribution in [2.45, 2.75) is 76.7 Å². The smallest absolute Gasteiger partial charge is 0.326 e. The van der Waals surface area contributed by atoms with E-state index in [1.54, 1.807) is 6.20 Å². The van der Waals surface area contributed by atoms with Crippen LogP contribution in [0.2, 0.25) is 0 Å². The van der Waals surface area contributed by atoms with Crippen LogP contribution in [0.1, 0.15) is 45.6 Å². The van der Waals surface area contributed by atoms with Gasteiger partial charge in [0.2, 0.25) is 17.7 Å². The number of rotatable bonds is 11. The predicted octanol–water partition coefficient (Wildman–Crippen LogP) is 0.510. The molecule has 1 fully saturated rings. The summed E-state index contributed by atoms with van der Waals surface area (Å²) in [6.45, 7) is 5.41. The average molecular weight is 516 g/mol. The molecule has 11 heteroatoms. The minimum Gasteiger partial charge on any atom is -0.480 e. The monoisotopic (exact) mass is 515 g/mol. The first-order chi connectivity index (χ1) is 17.5. The first-order valence-electron chi connectivity index (χ1n) is 12.6. The first-order valence-corrected chi connectivity index (χ1v) is 12.6. The van der Waals surface area contributed by atoms with Gasteiger partial charge in [-0.1, -0.05) is 32.0 Å². The highest BCUT2D eigenvalue weighted by molar-refractivity contribution is 5.95. The van der Waals surface area contributed by atoms with Crippen molar-refractivity contribution >= 4 is 34.6 Å². The van der Waals surface area contributed by atoms with Gasteiger partial charge < -0.3 is 36.5 Å². The van der Waals surface area contributed by atoms with E-state index in [1.165, 1.54) is 11.8 Å². The molecule has 0 radical (unpaired) electrons. The molecule has 1 aliphatic heterocycles. The number of amides is 3. The van der Waals surface area contributed by atoms with Gasteiger partial charge in [0.05, 0.1) is 6.10 Å². The molecule has 1 aromatic heterocycles. The van der Waals surface area contributed by atoms with Gasteiger partial charge in [0, 0.05) is 30.1 Å². The van der Waals surface area contributed by atoms with E-state index in [0.29, 0.717) is 19.4 Å². The van der Waals surface area contributed by atoms with Gasteiger partial charge in [0.25, 0.3) is 0 Å². The molecule has 5 atom stereocenters. The van der Waals surface area contributed by atoms with Gasteiger partial charge in [-0.2, -0.15) is 0 Å². The average Bonchev–Trinajstić information content (AvgIpc) is 3.49. The highest BCUT2D eigenvalue weighted by atomic mass is 16.4. The van der Waals surface area contributed by atoms with E-state index in [-0.39, 0.29) is 18.8 Å². The van der Waals surface area contributed by atoms with Crippen molar-refractivity contribution in [1.82, 2.24) is 20.5 Å². The van der Waals surface area contributed by atoms with E-state index in [9.17, 15) is 29.4 Å². The molecule has 0 saturated carbocycles. The lowest BCUT2D eigenvalue weighted by molar-refractivity contribution is -0.145. The molecule has 3 rings (SSSR count). The number of benzene rings is 1. The highest BCUT2D eigenvalue weighted by Gasteiger charge is 2.39. The number of aromatic amines is 1. The number of aromatic nitrogens is 1. The Bertz CT molecular complexity index is 1130. The fraction of sp³-hybridized carbons (Fsp3) is 0.538. The number of hydrogen-bond acceptors (Lipinski definition) is 6. The number of carboxylic acids is 1. The Balaban J connectivity index is 1.84. The fourth-order valence-electron chi connectivity index (χ4n) is 4.67. The number of hydrogen-bond donors (Lipinski definition) is 6. The number of carboxylic acid groups (broad SMARTS) is 1. The Morgan fingerprint density at radius 1 is 1.14 bits per heavy atom. The van der Waals surface area contributed by atoms with Gasteiger partial charge in [-0.3, -0.25) is 14.4 Å². The van der Waals surface area contributed by atoms with Gasteiger partial charge in [-0.05, 0) is 43.7 Å². The Morgan fingerprint density at radius 2 is 1.84 bits per heavy atom. The minimum atomic E-state index is -1.23. The van der Waals surface area contributed by atoms with E-state index in [2.05, 4.69) is 15.6 Å². The summed E-state index contributed by atoms with van der Waals surface area (Å²) in [7, 11) is 0. The zero-order chi connectivity index (χ0) is 27.3. The van der Waals surface area contributed by atoms with Crippen LogP contribution in [0.3, 0.4) is 0 Å². The summed E-state index contributed by atoms with van der Waals surface area (Å²) in [5, 5.41) is 25.4. The number of nitrogens with one attached hydrogen (secondary N) is 3. The summed E-state index contributed by atoms with van der Waals surface area (Å²) in [4.78, 5) is 55.8.